The minimum atomic E-state index is -0.786. The molecule has 0 aromatic heterocycles. The lowest BCUT2D eigenvalue weighted by Gasteiger charge is -2.55. The highest BCUT2D eigenvalue weighted by Crippen LogP contribution is 2.30. The molecule has 2 heterocycles. The monoisotopic (exact) mass is 595 g/mol. The number of piperazine rings is 1. The molecule has 2 aliphatic heterocycles. The van der Waals surface area contributed by atoms with Crippen molar-refractivity contribution in [2.24, 2.45) is 0 Å². The lowest BCUT2D eigenvalue weighted by molar-refractivity contribution is -0.188. The quantitative estimate of drug-likeness (QED) is 0.363. The molecule has 0 radical (unpaired) electrons. The number of urea groups is 1. The summed E-state index contributed by atoms with van der Waals surface area (Å²) in [5.41, 5.74) is 2.82. The Kier molecular flexibility index (Phi) is 9.67. The molecule has 3 aromatic rings. The first-order valence-electron chi connectivity index (χ1n) is 14.6. The second kappa shape index (κ2) is 14.0. The van der Waals surface area contributed by atoms with Gasteiger partial charge in [-0.2, -0.15) is 5.01 Å². The number of nitrogens with one attached hydrogen (secondary N) is 1. The highest BCUT2D eigenvalue weighted by atomic mass is 16.5. The van der Waals surface area contributed by atoms with Crippen LogP contribution in [-0.2, 0) is 29.0 Å². The number of fused-ring (bicyclic) bond motifs is 1. The maximum atomic E-state index is 14.1. The maximum absolute atomic E-state index is 14.1. The van der Waals surface area contributed by atoms with Crippen molar-refractivity contribution < 1.29 is 23.9 Å². The molecule has 0 saturated carbocycles. The third-order valence-corrected chi connectivity index (χ3v) is 7.99. The summed E-state index contributed by atoms with van der Waals surface area (Å²) in [6.45, 7) is 0.785. The normalized spacial score (nSPS) is 18.4. The molecule has 2 atom stereocenters. The highest BCUT2D eigenvalue weighted by Gasteiger charge is 2.51. The summed E-state index contributed by atoms with van der Waals surface area (Å²) in [7, 11) is 3.16. The summed E-state index contributed by atoms with van der Waals surface area (Å²) in [6.07, 6.45) is 5.80. The molecule has 0 bridgehead atoms. The van der Waals surface area contributed by atoms with Gasteiger partial charge >= 0.3 is 6.03 Å². The number of terminal acetylenes is 1. The molecule has 5 rings (SSSR count). The van der Waals surface area contributed by atoms with Crippen molar-refractivity contribution in [3.63, 3.8) is 0 Å². The molecule has 228 valence electrons. The Bertz CT molecular complexity index is 1510. The first-order valence-corrected chi connectivity index (χ1v) is 14.6. The topological polar surface area (TPSA) is 94.7 Å². The molecule has 44 heavy (non-hydrogen) atoms. The van der Waals surface area contributed by atoms with Gasteiger partial charge < -0.3 is 24.6 Å². The van der Waals surface area contributed by atoms with Crippen molar-refractivity contribution in [2.45, 2.75) is 31.6 Å². The van der Waals surface area contributed by atoms with E-state index in [1.54, 1.807) is 29.0 Å². The number of methoxy groups -OCH3 is 2. The molecular weight excluding hydrogens is 558 g/mol. The molecule has 0 aliphatic carbocycles. The Morgan fingerprint density at radius 3 is 2.27 bits per heavy atom. The van der Waals surface area contributed by atoms with Gasteiger partial charge in [0.05, 0.1) is 33.9 Å². The van der Waals surface area contributed by atoms with Crippen LogP contribution in [0.1, 0.15) is 16.7 Å². The molecule has 2 saturated heterocycles. The molecule has 0 unspecified atom stereocenters. The first kappa shape index (κ1) is 30.4. The van der Waals surface area contributed by atoms with Crippen molar-refractivity contribution in [1.82, 2.24) is 25.1 Å². The molecule has 2 fully saturated rings. The third-order valence-electron chi connectivity index (χ3n) is 7.99. The van der Waals surface area contributed by atoms with Crippen LogP contribution in [0.5, 0.6) is 11.5 Å². The van der Waals surface area contributed by atoms with Gasteiger partial charge in [0.1, 0.15) is 12.2 Å². The summed E-state index contributed by atoms with van der Waals surface area (Å²) in [5, 5.41) is 6.10. The van der Waals surface area contributed by atoms with Gasteiger partial charge in [0, 0.05) is 19.5 Å². The minimum absolute atomic E-state index is 0.0672. The van der Waals surface area contributed by atoms with Crippen molar-refractivity contribution in [1.29, 1.82) is 0 Å². The zero-order chi connectivity index (χ0) is 31.1. The van der Waals surface area contributed by atoms with Crippen LogP contribution in [0.2, 0.25) is 0 Å². The average molecular weight is 596 g/mol. The van der Waals surface area contributed by atoms with Crippen LogP contribution in [0, 0.1) is 12.3 Å². The van der Waals surface area contributed by atoms with E-state index < -0.39 is 12.2 Å². The van der Waals surface area contributed by atoms with Gasteiger partial charge in [-0.15, -0.1) is 6.42 Å². The summed E-state index contributed by atoms with van der Waals surface area (Å²) < 4.78 is 10.8. The van der Waals surface area contributed by atoms with E-state index in [1.807, 2.05) is 78.9 Å². The number of carbonyl (C=O) groups excluding carboxylic acids is 3. The van der Waals surface area contributed by atoms with E-state index in [4.69, 9.17) is 15.9 Å². The zero-order valence-corrected chi connectivity index (χ0v) is 25.0. The lowest BCUT2D eigenvalue weighted by atomic mass is 9.98. The Labute approximate surface area is 258 Å². The molecule has 3 aromatic carbocycles. The number of hydrazine groups is 1. The number of amides is 4. The van der Waals surface area contributed by atoms with Gasteiger partial charge in [-0.25, -0.2) is 9.80 Å². The van der Waals surface area contributed by atoms with Gasteiger partial charge in [0.15, 0.2) is 11.5 Å². The fraction of sp³-hybridized carbons (Fsp3) is 0.324. The van der Waals surface area contributed by atoms with Crippen LogP contribution in [0.4, 0.5) is 4.79 Å². The Balaban J connectivity index is 1.45. The molecule has 2 aliphatic rings. The van der Waals surface area contributed by atoms with E-state index in [-0.39, 0.29) is 37.5 Å². The first-order chi connectivity index (χ1) is 21.4. The van der Waals surface area contributed by atoms with Crippen LogP contribution >= 0.6 is 0 Å². The van der Waals surface area contributed by atoms with Gasteiger partial charge in [0.2, 0.25) is 11.8 Å². The number of ether oxygens (including phenoxy) is 2. The number of nitrogens with zero attached hydrogens (tertiary/aromatic N) is 4. The minimum Gasteiger partial charge on any atom is -0.493 e. The second-order valence-corrected chi connectivity index (χ2v) is 10.7. The SMILES string of the molecule is C#CCN1CC(=O)N2[C@@H](Cc3ccccc3)C(=O)N(CCc3ccc(OC)c(OC)c3)C[C@@H]2N1C(=O)NCc1ccccc1. The highest BCUT2D eigenvalue weighted by molar-refractivity contribution is 5.91. The third kappa shape index (κ3) is 6.63. The second-order valence-electron chi connectivity index (χ2n) is 10.7. The summed E-state index contributed by atoms with van der Waals surface area (Å²) in [6, 6.07) is 23.7. The van der Waals surface area contributed by atoms with Crippen LogP contribution in [0.15, 0.2) is 78.9 Å². The van der Waals surface area contributed by atoms with E-state index in [0.29, 0.717) is 37.4 Å². The predicted molar refractivity (Wildman–Crippen MR) is 165 cm³/mol. The maximum Gasteiger partial charge on any atom is 0.334 e. The summed E-state index contributed by atoms with van der Waals surface area (Å²) in [4.78, 5) is 44.9. The van der Waals surface area contributed by atoms with Crippen LogP contribution < -0.4 is 14.8 Å². The number of rotatable bonds is 10. The molecule has 0 spiro atoms. The van der Waals surface area contributed by atoms with Crippen molar-refractivity contribution in [3.8, 4) is 23.8 Å². The average Bonchev–Trinajstić information content (AvgIpc) is 3.05. The summed E-state index contributed by atoms with van der Waals surface area (Å²) in [5.74, 6) is 3.40. The van der Waals surface area contributed by atoms with E-state index in [1.165, 1.54) is 5.01 Å². The van der Waals surface area contributed by atoms with Gasteiger partial charge in [-0.1, -0.05) is 72.7 Å². The summed E-state index contributed by atoms with van der Waals surface area (Å²) >= 11 is 0. The number of carbonyl (C=O) groups is 3. The van der Waals surface area contributed by atoms with Crippen molar-refractivity contribution in [3.05, 3.63) is 95.6 Å². The standard InChI is InChI=1S/C34H37N5O5/c1-4-18-37-24-32(40)38-28(20-25-11-7-5-8-12-25)33(41)36(19-17-26-15-16-29(43-2)30(21-26)44-3)23-31(38)39(37)34(42)35-22-27-13-9-6-10-14-27/h1,5-16,21,28,31H,17-20,22-24H2,2-3H3,(H,35,42)/t28-,31-/m0/s1. The van der Waals surface area contributed by atoms with Gasteiger partial charge in [-0.05, 0) is 35.2 Å². The molecule has 10 nitrogen and oxygen atoms in total. The van der Waals surface area contributed by atoms with E-state index in [0.717, 1.165) is 16.7 Å². The van der Waals surface area contributed by atoms with Crippen LogP contribution in [0.25, 0.3) is 0 Å². The van der Waals surface area contributed by atoms with Crippen LogP contribution in [-0.4, -0.2) is 90.3 Å². The van der Waals surface area contributed by atoms with Crippen molar-refractivity contribution in [2.75, 3.05) is 40.4 Å². The Morgan fingerprint density at radius 1 is 0.932 bits per heavy atom. The van der Waals surface area contributed by atoms with E-state index >= 15 is 0 Å². The van der Waals surface area contributed by atoms with E-state index in [9.17, 15) is 14.4 Å². The fourth-order valence-corrected chi connectivity index (χ4v) is 5.83. The molecule has 10 heteroatoms. The molecular formula is C34H37N5O5. The number of hydrogen-bond donors (Lipinski definition) is 1. The van der Waals surface area contributed by atoms with Crippen molar-refractivity contribution >= 4 is 17.8 Å². The predicted octanol–water partition coefficient (Wildman–Crippen LogP) is 2.93. The zero-order valence-electron chi connectivity index (χ0n) is 25.0. The van der Waals surface area contributed by atoms with Crippen LogP contribution in [0.3, 0.4) is 0 Å². The Morgan fingerprint density at radius 2 is 1.61 bits per heavy atom. The molecule has 4 amide bonds. The lowest BCUT2D eigenvalue weighted by Crippen LogP contribution is -2.76. The number of benzene rings is 3. The van der Waals surface area contributed by atoms with Gasteiger partial charge in [-0.3, -0.25) is 9.59 Å². The number of hydrogen-bond acceptors (Lipinski definition) is 6. The Hall–Kier alpha value is -5.01. The largest absolute Gasteiger partial charge is 0.493 e. The smallest absolute Gasteiger partial charge is 0.334 e. The van der Waals surface area contributed by atoms with Gasteiger partial charge in [0.25, 0.3) is 0 Å². The fourth-order valence-electron chi connectivity index (χ4n) is 5.83. The van der Waals surface area contributed by atoms with E-state index in [2.05, 4.69) is 11.2 Å². The molecule has 1 N–H and O–H groups in total.